The number of nitriles is 1. The van der Waals surface area contributed by atoms with E-state index in [1.807, 2.05) is 19.9 Å². The first-order valence-electron chi connectivity index (χ1n) is 5.77. The zero-order valence-electron chi connectivity index (χ0n) is 10.5. The quantitative estimate of drug-likeness (QED) is 0.867. The minimum Gasteiger partial charge on any atom is -0.478 e. The van der Waals surface area contributed by atoms with Gasteiger partial charge in [0, 0.05) is 0 Å². The molecule has 2 aromatic rings. The van der Waals surface area contributed by atoms with E-state index in [0.29, 0.717) is 10.6 Å². The van der Waals surface area contributed by atoms with Crippen molar-refractivity contribution in [3.8, 4) is 6.07 Å². The summed E-state index contributed by atoms with van der Waals surface area (Å²) in [5.74, 6) is -0.702. The molecule has 19 heavy (non-hydrogen) atoms. The highest BCUT2D eigenvalue weighted by molar-refractivity contribution is 7.19. The Morgan fingerprint density at radius 3 is 2.84 bits per heavy atom. The van der Waals surface area contributed by atoms with Crippen LogP contribution in [-0.2, 0) is 0 Å². The fourth-order valence-corrected chi connectivity index (χ4v) is 2.64. The lowest BCUT2D eigenvalue weighted by Crippen LogP contribution is -1.94. The maximum atomic E-state index is 10.9. The maximum absolute atomic E-state index is 10.9. The number of allylic oxidation sites excluding steroid dienone is 2. The molecule has 4 nitrogen and oxygen atoms in total. The van der Waals surface area contributed by atoms with E-state index in [0.717, 1.165) is 10.2 Å². The van der Waals surface area contributed by atoms with Crippen LogP contribution in [0.2, 0.25) is 0 Å². The maximum Gasteiger partial charge on any atom is 0.335 e. The zero-order chi connectivity index (χ0) is 14.0. The topological polar surface area (TPSA) is 74.0 Å². The summed E-state index contributed by atoms with van der Waals surface area (Å²) < 4.78 is 0.778. The van der Waals surface area contributed by atoms with Gasteiger partial charge < -0.3 is 5.11 Å². The molecule has 5 heteroatoms. The molecule has 0 aliphatic heterocycles. The molecule has 0 radical (unpaired) electrons. The summed E-state index contributed by atoms with van der Waals surface area (Å²) in [6, 6.07) is 6.92. The normalized spacial score (nSPS) is 11.8. The third kappa shape index (κ3) is 2.80. The lowest BCUT2D eigenvalue weighted by atomic mass is 10.1. The van der Waals surface area contributed by atoms with E-state index in [9.17, 15) is 4.79 Å². The van der Waals surface area contributed by atoms with Gasteiger partial charge in [-0.25, -0.2) is 9.78 Å². The first-order valence-corrected chi connectivity index (χ1v) is 6.59. The highest BCUT2D eigenvalue weighted by Gasteiger charge is 2.11. The molecule has 0 saturated carbocycles. The predicted octanol–water partition coefficient (Wildman–Crippen LogP) is 3.56. The summed E-state index contributed by atoms with van der Waals surface area (Å²) in [6.07, 6.45) is 1.86. The number of nitrogens with zero attached hydrogens (tertiary/aromatic N) is 2. The molecule has 1 aromatic carbocycles. The highest BCUT2D eigenvalue weighted by Crippen LogP contribution is 2.28. The van der Waals surface area contributed by atoms with Crippen molar-refractivity contribution in [2.24, 2.45) is 5.92 Å². The third-order valence-corrected chi connectivity index (χ3v) is 3.54. The molecule has 0 saturated heterocycles. The van der Waals surface area contributed by atoms with Crippen LogP contribution in [0.4, 0.5) is 0 Å². The van der Waals surface area contributed by atoms with Crippen LogP contribution < -0.4 is 0 Å². The molecule has 2 rings (SSSR count). The van der Waals surface area contributed by atoms with Gasteiger partial charge in [0.15, 0.2) is 0 Å². The molecule has 0 fully saturated rings. The highest BCUT2D eigenvalue weighted by atomic mass is 32.1. The van der Waals surface area contributed by atoms with Gasteiger partial charge in [0.1, 0.15) is 11.1 Å². The summed E-state index contributed by atoms with van der Waals surface area (Å²) in [6.45, 7) is 3.99. The Balaban J connectivity index is 2.53. The minimum absolute atomic E-state index is 0.231. The Bertz CT molecular complexity index is 708. The number of carboxylic acids is 1. The molecule has 0 spiro atoms. The number of aromatic nitrogens is 1. The van der Waals surface area contributed by atoms with E-state index in [4.69, 9.17) is 10.4 Å². The molecule has 0 aliphatic carbocycles. The summed E-state index contributed by atoms with van der Waals surface area (Å²) in [7, 11) is 0. The monoisotopic (exact) mass is 272 g/mol. The Hall–Kier alpha value is -2.19. The molecule has 0 bridgehead atoms. The van der Waals surface area contributed by atoms with Gasteiger partial charge in [0.05, 0.1) is 21.4 Å². The molecule has 0 amide bonds. The van der Waals surface area contributed by atoms with Gasteiger partial charge in [-0.3, -0.25) is 0 Å². The van der Waals surface area contributed by atoms with Gasteiger partial charge in [-0.15, -0.1) is 11.3 Å². The molecule has 0 atom stereocenters. The summed E-state index contributed by atoms with van der Waals surface area (Å²) in [5.41, 5.74) is 1.48. The largest absolute Gasteiger partial charge is 0.478 e. The van der Waals surface area contributed by atoms with Gasteiger partial charge in [0.2, 0.25) is 0 Å². The van der Waals surface area contributed by atoms with E-state index in [1.165, 1.54) is 17.4 Å². The van der Waals surface area contributed by atoms with Crippen molar-refractivity contribution >= 4 is 33.1 Å². The van der Waals surface area contributed by atoms with Crippen LogP contribution in [0, 0.1) is 17.2 Å². The first-order chi connectivity index (χ1) is 9.01. The van der Waals surface area contributed by atoms with E-state index in [1.54, 1.807) is 12.1 Å². The van der Waals surface area contributed by atoms with E-state index < -0.39 is 5.97 Å². The molecule has 0 aliphatic rings. The van der Waals surface area contributed by atoms with E-state index in [2.05, 4.69) is 11.1 Å². The Kier molecular flexibility index (Phi) is 3.63. The van der Waals surface area contributed by atoms with Crippen molar-refractivity contribution in [3.05, 3.63) is 34.8 Å². The molecule has 1 aromatic heterocycles. The predicted molar refractivity (Wildman–Crippen MR) is 75.0 cm³/mol. The van der Waals surface area contributed by atoms with Crippen LogP contribution in [0.3, 0.4) is 0 Å². The number of fused-ring (bicyclic) bond motifs is 1. The first kappa shape index (κ1) is 13.2. The zero-order valence-corrected chi connectivity index (χ0v) is 11.4. The van der Waals surface area contributed by atoms with Gasteiger partial charge >= 0.3 is 5.97 Å². The van der Waals surface area contributed by atoms with Crippen LogP contribution in [0.25, 0.3) is 15.8 Å². The average Bonchev–Trinajstić information content (AvgIpc) is 2.77. The van der Waals surface area contributed by atoms with Crippen LogP contribution in [0.1, 0.15) is 29.2 Å². The van der Waals surface area contributed by atoms with E-state index >= 15 is 0 Å². The molecular weight excluding hydrogens is 260 g/mol. The lowest BCUT2D eigenvalue weighted by molar-refractivity contribution is 0.0697. The van der Waals surface area contributed by atoms with Crippen molar-refractivity contribution in [3.63, 3.8) is 0 Å². The van der Waals surface area contributed by atoms with Crippen LogP contribution in [0.5, 0.6) is 0 Å². The fourth-order valence-electron chi connectivity index (χ4n) is 1.66. The van der Waals surface area contributed by atoms with Gasteiger partial charge in [-0.2, -0.15) is 5.26 Å². The molecule has 1 heterocycles. The number of carbonyl (C=O) groups is 1. The van der Waals surface area contributed by atoms with Gasteiger partial charge in [0.25, 0.3) is 0 Å². The van der Waals surface area contributed by atoms with Gasteiger partial charge in [-0.05, 0) is 24.1 Å². The SMILES string of the molecule is CC(C)/C=C(\C#N)c1nc2ccc(C(=O)O)cc2s1. The number of aromatic carboxylic acids is 1. The van der Waals surface area contributed by atoms with Crippen LogP contribution >= 0.6 is 11.3 Å². The molecule has 0 unspecified atom stereocenters. The number of carboxylic acid groups (broad SMARTS) is 1. The van der Waals surface area contributed by atoms with Crippen LogP contribution in [-0.4, -0.2) is 16.1 Å². The summed E-state index contributed by atoms with van der Waals surface area (Å²) >= 11 is 1.34. The number of rotatable bonds is 3. The van der Waals surface area contributed by atoms with Crippen molar-refractivity contribution in [1.82, 2.24) is 4.98 Å². The summed E-state index contributed by atoms with van der Waals surface area (Å²) in [5, 5.41) is 18.7. The van der Waals surface area contributed by atoms with Crippen molar-refractivity contribution in [1.29, 1.82) is 5.26 Å². The summed E-state index contributed by atoms with van der Waals surface area (Å²) in [4.78, 5) is 15.3. The molecule has 1 N–H and O–H groups in total. The lowest BCUT2D eigenvalue weighted by Gasteiger charge is -1.95. The van der Waals surface area contributed by atoms with Crippen LogP contribution in [0.15, 0.2) is 24.3 Å². The Labute approximate surface area is 114 Å². The van der Waals surface area contributed by atoms with E-state index in [-0.39, 0.29) is 11.5 Å². The van der Waals surface area contributed by atoms with Crippen molar-refractivity contribution in [2.45, 2.75) is 13.8 Å². The second-order valence-corrected chi connectivity index (χ2v) is 5.47. The smallest absolute Gasteiger partial charge is 0.335 e. The van der Waals surface area contributed by atoms with Crippen molar-refractivity contribution in [2.75, 3.05) is 0 Å². The number of hydrogen-bond donors (Lipinski definition) is 1. The Morgan fingerprint density at radius 1 is 1.53 bits per heavy atom. The third-order valence-electron chi connectivity index (χ3n) is 2.49. The number of benzene rings is 1. The number of hydrogen-bond acceptors (Lipinski definition) is 4. The molecule has 96 valence electrons. The van der Waals surface area contributed by atoms with Crippen molar-refractivity contribution < 1.29 is 9.90 Å². The molecular formula is C14H12N2O2S. The Morgan fingerprint density at radius 2 is 2.26 bits per heavy atom. The second-order valence-electron chi connectivity index (χ2n) is 4.44. The standard InChI is InChI=1S/C14H12N2O2S/c1-8(2)5-10(7-15)13-16-11-4-3-9(14(17)18)6-12(11)19-13/h3-6,8H,1-2H3,(H,17,18)/b10-5+. The number of thiazole rings is 1. The van der Waals surface area contributed by atoms with Gasteiger partial charge in [-0.1, -0.05) is 19.9 Å². The average molecular weight is 272 g/mol. The fraction of sp³-hybridized carbons (Fsp3) is 0.214. The second kappa shape index (κ2) is 5.21. The minimum atomic E-state index is -0.963.